The summed E-state index contributed by atoms with van der Waals surface area (Å²) in [6.07, 6.45) is 8.14. The third-order valence-corrected chi connectivity index (χ3v) is 2.76. The SMILES string of the molecule is COc1ccc(CN2C=CCCC=N2)cc1OC. The Morgan fingerprint density at radius 2 is 2.00 bits per heavy atom. The molecule has 0 aliphatic carbocycles. The number of methoxy groups -OCH3 is 2. The number of ether oxygens (including phenoxy) is 2. The topological polar surface area (TPSA) is 34.1 Å². The monoisotopic (exact) mass is 246 g/mol. The van der Waals surface area contributed by atoms with Gasteiger partial charge in [0.25, 0.3) is 0 Å². The molecule has 4 heteroatoms. The van der Waals surface area contributed by atoms with E-state index in [4.69, 9.17) is 9.47 Å². The molecule has 1 aromatic rings. The van der Waals surface area contributed by atoms with Gasteiger partial charge < -0.3 is 9.47 Å². The zero-order valence-corrected chi connectivity index (χ0v) is 10.8. The van der Waals surface area contributed by atoms with Gasteiger partial charge in [-0.2, -0.15) is 5.10 Å². The van der Waals surface area contributed by atoms with Crippen molar-refractivity contribution in [3.05, 3.63) is 36.0 Å². The van der Waals surface area contributed by atoms with Crippen molar-refractivity contribution in [2.24, 2.45) is 5.10 Å². The Bertz CT molecular complexity index is 441. The third kappa shape index (κ3) is 3.03. The summed E-state index contributed by atoms with van der Waals surface area (Å²) in [6.45, 7) is 0.730. The molecule has 0 saturated carbocycles. The first-order valence-corrected chi connectivity index (χ1v) is 6.00. The highest BCUT2D eigenvalue weighted by atomic mass is 16.5. The number of hydrogen-bond donors (Lipinski definition) is 0. The van der Waals surface area contributed by atoms with E-state index >= 15 is 0 Å². The molecule has 0 aromatic heterocycles. The number of hydrogen-bond acceptors (Lipinski definition) is 4. The Kier molecular flexibility index (Phi) is 4.23. The fraction of sp³-hybridized carbons (Fsp3) is 0.357. The lowest BCUT2D eigenvalue weighted by Gasteiger charge is -2.15. The van der Waals surface area contributed by atoms with Crippen molar-refractivity contribution in [1.82, 2.24) is 5.01 Å². The highest BCUT2D eigenvalue weighted by molar-refractivity contribution is 5.57. The predicted octanol–water partition coefficient (Wildman–Crippen LogP) is 2.80. The lowest BCUT2D eigenvalue weighted by molar-refractivity contribution is 0.352. The highest BCUT2D eigenvalue weighted by Crippen LogP contribution is 2.28. The van der Waals surface area contributed by atoms with E-state index in [0.29, 0.717) is 0 Å². The van der Waals surface area contributed by atoms with Crippen LogP contribution in [0.15, 0.2) is 35.6 Å². The average molecular weight is 246 g/mol. The summed E-state index contributed by atoms with van der Waals surface area (Å²) in [5.41, 5.74) is 1.14. The average Bonchev–Trinajstić information content (AvgIpc) is 2.67. The molecule has 1 aliphatic rings. The Morgan fingerprint density at radius 3 is 2.78 bits per heavy atom. The van der Waals surface area contributed by atoms with E-state index in [2.05, 4.69) is 11.2 Å². The van der Waals surface area contributed by atoms with Gasteiger partial charge in [0.2, 0.25) is 0 Å². The van der Waals surface area contributed by atoms with Gasteiger partial charge in [0.1, 0.15) is 0 Å². The molecule has 4 nitrogen and oxygen atoms in total. The van der Waals surface area contributed by atoms with Gasteiger partial charge in [-0.15, -0.1) is 0 Å². The van der Waals surface area contributed by atoms with Gasteiger partial charge in [-0.3, -0.25) is 5.01 Å². The minimum absolute atomic E-state index is 0.730. The van der Waals surface area contributed by atoms with Gasteiger partial charge in [0.05, 0.1) is 20.8 Å². The maximum absolute atomic E-state index is 5.29. The molecule has 0 saturated heterocycles. The number of benzene rings is 1. The summed E-state index contributed by atoms with van der Waals surface area (Å²) < 4.78 is 10.5. The zero-order valence-electron chi connectivity index (χ0n) is 10.8. The minimum Gasteiger partial charge on any atom is -0.493 e. The Labute approximate surface area is 108 Å². The van der Waals surface area contributed by atoms with Crippen molar-refractivity contribution >= 4 is 6.21 Å². The van der Waals surface area contributed by atoms with Crippen LogP contribution in [-0.2, 0) is 6.54 Å². The molecule has 0 fully saturated rings. The summed E-state index contributed by atoms with van der Waals surface area (Å²) >= 11 is 0. The molecule has 0 radical (unpaired) electrons. The molecule has 0 spiro atoms. The minimum atomic E-state index is 0.730. The zero-order chi connectivity index (χ0) is 12.8. The number of allylic oxidation sites excluding steroid dienone is 1. The van der Waals surface area contributed by atoms with Gasteiger partial charge in [-0.1, -0.05) is 12.1 Å². The fourth-order valence-electron chi connectivity index (χ4n) is 1.83. The second-order valence-electron chi connectivity index (χ2n) is 4.05. The molecule has 18 heavy (non-hydrogen) atoms. The van der Waals surface area contributed by atoms with E-state index in [9.17, 15) is 0 Å². The first kappa shape index (κ1) is 12.5. The van der Waals surface area contributed by atoms with Gasteiger partial charge >= 0.3 is 0 Å². The Hall–Kier alpha value is -1.97. The number of hydrazone groups is 1. The molecule has 1 aromatic carbocycles. The number of nitrogens with zero attached hydrogens (tertiary/aromatic N) is 2. The molecular weight excluding hydrogens is 228 g/mol. The van der Waals surface area contributed by atoms with Crippen molar-refractivity contribution < 1.29 is 9.47 Å². The van der Waals surface area contributed by atoms with E-state index in [1.165, 1.54) is 0 Å². The molecule has 0 bridgehead atoms. The number of rotatable bonds is 4. The molecule has 0 N–H and O–H groups in total. The summed E-state index contributed by atoms with van der Waals surface area (Å²) in [5.74, 6) is 1.49. The molecule has 1 aliphatic heterocycles. The van der Waals surface area contributed by atoms with Gasteiger partial charge in [0, 0.05) is 12.4 Å². The van der Waals surface area contributed by atoms with Gasteiger partial charge in [-0.05, 0) is 30.5 Å². The van der Waals surface area contributed by atoms with E-state index in [1.807, 2.05) is 35.6 Å². The van der Waals surface area contributed by atoms with Gasteiger partial charge in [0.15, 0.2) is 11.5 Å². The third-order valence-electron chi connectivity index (χ3n) is 2.76. The van der Waals surface area contributed by atoms with E-state index in [0.717, 1.165) is 36.4 Å². The molecule has 0 amide bonds. The molecule has 96 valence electrons. The van der Waals surface area contributed by atoms with Crippen molar-refractivity contribution in [3.8, 4) is 11.5 Å². The lowest BCUT2D eigenvalue weighted by atomic mass is 10.2. The maximum Gasteiger partial charge on any atom is 0.161 e. The molecule has 2 rings (SSSR count). The van der Waals surface area contributed by atoms with Crippen LogP contribution in [0.2, 0.25) is 0 Å². The van der Waals surface area contributed by atoms with Crippen LogP contribution < -0.4 is 9.47 Å². The van der Waals surface area contributed by atoms with Crippen LogP contribution in [0.1, 0.15) is 18.4 Å². The molecular formula is C14H18N2O2. The smallest absolute Gasteiger partial charge is 0.161 e. The molecule has 0 unspecified atom stereocenters. The normalized spacial score (nSPS) is 14.4. The van der Waals surface area contributed by atoms with E-state index in [1.54, 1.807) is 14.2 Å². The fourth-order valence-corrected chi connectivity index (χ4v) is 1.83. The van der Waals surface area contributed by atoms with Crippen molar-refractivity contribution in [3.63, 3.8) is 0 Å². The summed E-state index contributed by atoms with van der Waals surface area (Å²) in [7, 11) is 3.28. The van der Waals surface area contributed by atoms with Crippen LogP contribution in [0.4, 0.5) is 0 Å². The summed E-state index contributed by atoms with van der Waals surface area (Å²) in [5, 5.41) is 6.29. The van der Waals surface area contributed by atoms with Crippen LogP contribution in [0.25, 0.3) is 0 Å². The quantitative estimate of drug-likeness (QED) is 0.819. The van der Waals surface area contributed by atoms with Crippen LogP contribution in [0.5, 0.6) is 11.5 Å². The van der Waals surface area contributed by atoms with Crippen LogP contribution >= 0.6 is 0 Å². The Morgan fingerprint density at radius 1 is 1.17 bits per heavy atom. The van der Waals surface area contributed by atoms with Crippen molar-refractivity contribution in [2.45, 2.75) is 19.4 Å². The molecule has 0 atom stereocenters. The second-order valence-corrected chi connectivity index (χ2v) is 4.05. The van der Waals surface area contributed by atoms with Crippen LogP contribution in [-0.4, -0.2) is 25.4 Å². The molecule has 1 heterocycles. The van der Waals surface area contributed by atoms with Crippen LogP contribution in [0.3, 0.4) is 0 Å². The van der Waals surface area contributed by atoms with Crippen molar-refractivity contribution in [1.29, 1.82) is 0 Å². The predicted molar refractivity (Wildman–Crippen MR) is 72.0 cm³/mol. The van der Waals surface area contributed by atoms with Crippen LogP contribution in [0, 0.1) is 0 Å². The van der Waals surface area contributed by atoms with E-state index < -0.39 is 0 Å². The lowest BCUT2D eigenvalue weighted by Crippen LogP contribution is -2.09. The van der Waals surface area contributed by atoms with Crippen molar-refractivity contribution in [2.75, 3.05) is 14.2 Å². The standard InChI is InChI=1S/C14H18N2O2/c1-17-13-7-6-12(10-14(13)18-2)11-16-9-5-3-4-8-15-16/h5-10H,3-4,11H2,1-2H3. The maximum atomic E-state index is 5.29. The first-order valence-electron chi connectivity index (χ1n) is 6.00. The van der Waals surface area contributed by atoms with E-state index in [-0.39, 0.29) is 0 Å². The largest absolute Gasteiger partial charge is 0.493 e. The van der Waals surface area contributed by atoms with Gasteiger partial charge in [-0.25, -0.2) is 0 Å². The first-order chi connectivity index (χ1) is 8.83. The second kappa shape index (κ2) is 6.10. The Balaban J connectivity index is 2.13. The summed E-state index contributed by atoms with van der Waals surface area (Å²) in [4.78, 5) is 0. The highest BCUT2D eigenvalue weighted by Gasteiger charge is 2.06. The summed E-state index contributed by atoms with van der Waals surface area (Å²) in [6, 6.07) is 5.92.